The fraction of sp³-hybridized carbons (Fsp3) is 0.429. The van der Waals surface area contributed by atoms with Crippen LogP contribution in [0.5, 0.6) is 0 Å². The SMILES string of the molecule is CCN(CC)CCCN1C(=O)C(=O)/C(=C(/O)c2c(C)[nH]c(C(=O)OC)c2C)[C@@H]1c1ccc(C(=O)OC)cc1. The van der Waals surface area contributed by atoms with Gasteiger partial charge in [-0.25, -0.2) is 9.59 Å². The highest BCUT2D eigenvalue weighted by Gasteiger charge is 2.46. The van der Waals surface area contributed by atoms with Crippen LogP contribution in [0, 0.1) is 13.8 Å². The maximum absolute atomic E-state index is 13.4. The number of rotatable bonds is 10. The van der Waals surface area contributed by atoms with Crippen molar-refractivity contribution < 1.29 is 33.8 Å². The predicted molar refractivity (Wildman–Crippen MR) is 141 cm³/mol. The molecule has 1 aliphatic rings. The standard InChI is InChI=1S/C28H35N3O7/c1-7-30(8-2)14-9-15-31-23(18-10-12-19(13-11-18)27(35)37-5)21(25(33)26(31)34)24(32)20-16(3)22(28(36)38-6)29-17(20)4/h10-13,23,29,32H,7-9,14-15H2,1-6H3/b24-21+/t23-/m0/s1. The first kappa shape index (κ1) is 28.6. The number of nitrogens with one attached hydrogen (secondary N) is 1. The number of hydrogen-bond donors (Lipinski definition) is 2. The van der Waals surface area contributed by atoms with Gasteiger partial charge in [-0.3, -0.25) is 9.59 Å². The van der Waals surface area contributed by atoms with E-state index < -0.39 is 29.7 Å². The molecule has 1 saturated heterocycles. The number of amides is 1. The van der Waals surface area contributed by atoms with Crippen LogP contribution in [0.2, 0.25) is 0 Å². The Bertz CT molecular complexity index is 1260. The summed E-state index contributed by atoms with van der Waals surface area (Å²) >= 11 is 0. The summed E-state index contributed by atoms with van der Waals surface area (Å²) in [7, 11) is 2.53. The quantitative estimate of drug-likeness (QED) is 0.209. The number of benzene rings is 1. The van der Waals surface area contributed by atoms with E-state index >= 15 is 0 Å². The average Bonchev–Trinajstić information content (AvgIpc) is 3.36. The highest BCUT2D eigenvalue weighted by atomic mass is 16.5. The van der Waals surface area contributed by atoms with Gasteiger partial charge in [0.1, 0.15) is 11.5 Å². The van der Waals surface area contributed by atoms with E-state index in [1.165, 1.54) is 19.1 Å². The number of nitrogens with zero attached hydrogens (tertiary/aromatic N) is 2. The second-order valence-electron chi connectivity index (χ2n) is 9.10. The molecule has 1 atom stereocenters. The number of Topliss-reactive ketones (excluding diaryl/α,β-unsaturated/α-hetero) is 1. The molecule has 2 aromatic rings. The molecule has 0 unspecified atom stereocenters. The van der Waals surface area contributed by atoms with Crippen molar-refractivity contribution in [2.24, 2.45) is 0 Å². The van der Waals surface area contributed by atoms with Gasteiger partial charge in [-0.2, -0.15) is 0 Å². The zero-order valence-corrected chi connectivity index (χ0v) is 22.7. The zero-order chi connectivity index (χ0) is 28.1. The van der Waals surface area contributed by atoms with Crippen LogP contribution in [0.15, 0.2) is 29.8 Å². The number of aryl methyl sites for hydroxylation is 1. The minimum Gasteiger partial charge on any atom is -0.507 e. The molecule has 204 valence electrons. The highest BCUT2D eigenvalue weighted by molar-refractivity contribution is 6.46. The topological polar surface area (TPSA) is 129 Å². The van der Waals surface area contributed by atoms with Gasteiger partial charge in [0.05, 0.1) is 31.4 Å². The molecule has 2 N–H and O–H groups in total. The monoisotopic (exact) mass is 525 g/mol. The van der Waals surface area contributed by atoms with Crippen LogP contribution in [0.4, 0.5) is 0 Å². The molecule has 0 aliphatic carbocycles. The summed E-state index contributed by atoms with van der Waals surface area (Å²) in [4.78, 5) is 57.4. The van der Waals surface area contributed by atoms with Crippen LogP contribution in [0.3, 0.4) is 0 Å². The number of hydrogen-bond acceptors (Lipinski definition) is 8. The minimum absolute atomic E-state index is 0.0785. The molecule has 2 heterocycles. The third-order valence-corrected chi connectivity index (χ3v) is 7.02. The van der Waals surface area contributed by atoms with Gasteiger partial charge in [-0.05, 0) is 63.2 Å². The van der Waals surface area contributed by atoms with Crippen LogP contribution in [-0.4, -0.2) is 83.9 Å². The van der Waals surface area contributed by atoms with Gasteiger partial charge in [-0.15, -0.1) is 0 Å². The number of ketones is 1. The summed E-state index contributed by atoms with van der Waals surface area (Å²) in [5, 5.41) is 11.5. The summed E-state index contributed by atoms with van der Waals surface area (Å²) in [6, 6.07) is 5.52. The molecule has 0 spiro atoms. The molecule has 0 bridgehead atoms. The molecule has 10 nitrogen and oxygen atoms in total. The van der Waals surface area contributed by atoms with Gasteiger partial charge < -0.3 is 29.4 Å². The molecule has 1 aromatic carbocycles. The third-order valence-electron chi connectivity index (χ3n) is 7.02. The van der Waals surface area contributed by atoms with Crippen molar-refractivity contribution in [3.05, 3.63) is 63.5 Å². The van der Waals surface area contributed by atoms with E-state index in [-0.39, 0.29) is 22.6 Å². The first-order valence-electron chi connectivity index (χ1n) is 12.6. The smallest absolute Gasteiger partial charge is 0.354 e. The van der Waals surface area contributed by atoms with Gasteiger partial charge in [0.25, 0.3) is 11.7 Å². The summed E-state index contributed by atoms with van der Waals surface area (Å²) in [6.45, 7) is 10.2. The fourth-order valence-corrected chi connectivity index (χ4v) is 4.93. The van der Waals surface area contributed by atoms with Crippen LogP contribution in [-0.2, 0) is 19.1 Å². The number of H-pyrrole nitrogens is 1. The van der Waals surface area contributed by atoms with Crippen molar-refractivity contribution in [2.75, 3.05) is 40.4 Å². The van der Waals surface area contributed by atoms with Crippen LogP contribution in [0.1, 0.15) is 69.5 Å². The third kappa shape index (κ3) is 5.35. The first-order chi connectivity index (χ1) is 18.1. The number of esters is 2. The second-order valence-corrected chi connectivity index (χ2v) is 9.10. The molecule has 1 aromatic heterocycles. The molecule has 1 fully saturated rings. The molecule has 0 radical (unpaired) electrons. The minimum atomic E-state index is -0.881. The van der Waals surface area contributed by atoms with Crippen molar-refractivity contribution in [2.45, 2.75) is 40.2 Å². The largest absolute Gasteiger partial charge is 0.507 e. The normalized spacial score (nSPS) is 16.8. The zero-order valence-electron chi connectivity index (χ0n) is 22.7. The highest BCUT2D eigenvalue weighted by Crippen LogP contribution is 2.41. The lowest BCUT2D eigenvalue weighted by Crippen LogP contribution is -2.33. The van der Waals surface area contributed by atoms with Crippen molar-refractivity contribution in [1.29, 1.82) is 0 Å². The summed E-state index contributed by atoms with van der Waals surface area (Å²) in [5.74, 6) is -3.03. The number of carbonyl (C=O) groups is 4. The molecule has 38 heavy (non-hydrogen) atoms. The van der Waals surface area contributed by atoms with E-state index in [1.54, 1.807) is 38.1 Å². The molecular weight excluding hydrogens is 490 g/mol. The molecule has 1 aliphatic heterocycles. The van der Waals surface area contributed by atoms with Gasteiger partial charge in [0.15, 0.2) is 0 Å². The molecule has 10 heteroatoms. The Balaban J connectivity index is 2.14. The number of ether oxygens (including phenoxy) is 2. The number of methoxy groups -OCH3 is 2. The first-order valence-corrected chi connectivity index (χ1v) is 12.6. The molecular formula is C28H35N3O7. The van der Waals surface area contributed by atoms with E-state index in [2.05, 4.69) is 23.7 Å². The fourth-order valence-electron chi connectivity index (χ4n) is 4.93. The predicted octanol–water partition coefficient (Wildman–Crippen LogP) is 3.36. The Labute approximate surface area is 222 Å². The maximum Gasteiger partial charge on any atom is 0.354 e. The Morgan fingerprint density at radius 3 is 2.18 bits per heavy atom. The number of aromatic amines is 1. The van der Waals surface area contributed by atoms with E-state index in [1.807, 2.05) is 0 Å². The number of aliphatic hydroxyl groups is 1. The molecule has 1 amide bonds. The van der Waals surface area contributed by atoms with Crippen LogP contribution >= 0.6 is 0 Å². The lowest BCUT2D eigenvalue weighted by atomic mass is 9.93. The lowest BCUT2D eigenvalue weighted by molar-refractivity contribution is -0.140. The summed E-state index contributed by atoms with van der Waals surface area (Å²) < 4.78 is 9.59. The van der Waals surface area contributed by atoms with Crippen molar-refractivity contribution in [3.63, 3.8) is 0 Å². The van der Waals surface area contributed by atoms with E-state index in [9.17, 15) is 24.3 Å². The Morgan fingerprint density at radius 2 is 1.63 bits per heavy atom. The number of aliphatic hydroxyl groups excluding tert-OH is 1. The average molecular weight is 526 g/mol. The van der Waals surface area contributed by atoms with E-state index in [0.717, 1.165) is 19.6 Å². The molecule has 3 rings (SSSR count). The van der Waals surface area contributed by atoms with Crippen molar-refractivity contribution in [3.8, 4) is 0 Å². The van der Waals surface area contributed by atoms with E-state index in [4.69, 9.17) is 9.47 Å². The number of likely N-dealkylation sites (tertiary alicyclic amines) is 1. The van der Waals surface area contributed by atoms with Crippen molar-refractivity contribution in [1.82, 2.24) is 14.8 Å². The van der Waals surface area contributed by atoms with Crippen molar-refractivity contribution >= 4 is 29.4 Å². The summed E-state index contributed by atoms with van der Waals surface area (Å²) in [6.07, 6.45) is 0.625. The van der Waals surface area contributed by atoms with E-state index in [0.29, 0.717) is 35.3 Å². The summed E-state index contributed by atoms with van der Waals surface area (Å²) in [5.41, 5.74) is 2.06. The Kier molecular flexibility index (Phi) is 9.11. The van der Waals surface area contributed by atoms with Crippen LogP contribution < -0.4 is 0 Å². The Hall–Kier alpha value is -3.92. The van der Waals surface area contributed by atoms with Gasteiger partial charge >= 0.3 is 11.9 Å². The number of carbonyl (C=O) groups excluding carboxylic acids is 4. The van der Waals surface area contributed by atoms with Gasteiger partial charge in [0.2, 0.25) is 0 Å². The van der Waals surface area contributed by atoms with Crippen LogP contribution in [0.25, 0.3) is 5.76 Å². The lowest BCUT2D eigenvalue weighted by Gasteiger charge is -2.27. The second kappa shape index (κ2) is 12.1. The van der Waals surface area contributed by atoms with Gasteiger partial charge in [0, 0.05) is 17.8 Å². The molecule has 0 saturated carbocycles. The maximum atomic E-state index is 13.4. The Morgan fingerprint density at radius 1 is 1.03 bits per heavy atom. The van der Waals surface area contributed by atoms with Gasteiger partial charge in [-0.1, -0.05) is 26.0 Å². The number of aromatic nitrogens is 1.